The van der Waals surface area contributed by atoms with Gasteiger partial charge in [-0.05, 0) is 43.2 Å². The third-order valence-corrected chi connectivity index (χ3v) is 3.38. The van der Waals surface area contributed by atoms with Crippen LogP contribution in [0.3, 0.4) is 0 Å². The molecule has 2 nitrogen and oxygen atoms in total. The first-order chi connectivity index (χ1) is 8.29. The van der Waals surface area contributed by atoms with Gasteiger partial charge < -0.3 is 4.74 Å². The maximum absolute atomic E-state index is 5.99. The van der Waals surface area contributed by atoms with Crippen molar-refractivity contribution in [3.05, 3.63) is 35.0 Å². The molecule has 0 N–H and O–H groups in total. The Labute approximate surface area is 108 Å². The van der Waals surface area contributed by atoms with Crippen LogP contribution in [-0.2, 0) is 0 Å². The fourth-order valence-electron chi connectivity index (χ4n) is 2.07. The molecule has 1 unspecified atom stereocenters. The first-order valence-electron chi connectivity index (χ1n) is 6.23. The Morgan fingerprint density at radius 2 is 2.41 bits per heavy atom. The van der Waals surface area contributed by atoms with E-state index in [0.29, 0.717) is 5.92 Å². The molecule has 0 bridgehead atoms. The van der Waals surface area contributed by atoms with Crippen LogP contribution in [0.15, 0.2) is 29.4 Å². The van der Waals surface area contributed by atoms with Gasteiger partial charge in [-0.3, -0.25) is 0 Å². The second-order valence-corrected chi connectivity index (χ2v) is 4.88. The number of halogens is 1. The minimum Gasteiger partial charge on any atom is -0.478 e. The average molecular weight is 252 g/mol. The van der Waals surface area contributed by atoms with E-state index in [1.807, 2.05) is 6.20 Å². The zero-order valence-corrected chi connectivity index (χ0v) is 10.9. The van der Waals surface area contributed by atoms with Crippen molar-refractivity contribution >= 4 is 11.6 Å². The predicted octanol–water partition coefficient (Wildman–Crippen LogP) is 4.26. The topological polar surface area (TPSA) is 22.1 Å². The first-order valence-corrected chi connectivity index (χ1v) is 6.60. The average Bonchev–Trinajstić information content (AvgIpc) is 2.37. The summed E-state index contributed by atoms with van der Waals surface area (Å²) in [6.07, 6.45) is 8.10. The third-order valence-electron chi connectivity index (χ3n) is 3.04. The van der Waals surface area contributed by atoms with Crippen molar-refractivity contribution in [2.75, 3.05) is 6.61 Å². The highest BCUT2D eigenvalue weighted by Crippen LogP contribution is 2.33. The van der Waals surface area contributed by atoms with E-state index in [0.717, 1.165) is 43.2 Å². The minimum absolute atomic E-state index is 0.560. The van der Waals surface area contributed by atoms with E-state index < -0.39 is 0 Å². The van der Waals surface area contributed by atoms with Crippen molar-refractivity contribution in [2.24, 2.45) is 0 Å². The molecule has 1 aromatic heterocycles. The highest BCUT2D eigenvalue weighted by molar-refractivity contribution is 6.29. The lowest BCUT2D eigenvalue weighted by atomic mass is 9.88. The first kappa shape index (κ1) is 12.4. The van der Waals surface area contributed by atoms with Gasteiger partial charge in [-0.15, -0.1) is 0 Å². The van der Waals surface area contributed by atoms with E-state index in [9.17, 15) is 0 Å². The van der Waals surface area contributed by atoms with Gasteiger partial charge in [-0.2, -0.15) is 0 Å². The van der Waals surface area contributed by atoms with E-state index in [-0.39, 0.29) is 0 Å². The van der Waals surface area contributed by atoms with Gasteiger partial charge in [-0.1, -0.05) is 24.6 Å². The highest BCUT2D eigenvalue weighted by Gasteiger charge is 2.16. The molecule has 0 saturated heterocycles. The van der Waals surface area contributed by atoms with Crippen LogP contribution in [0.1, 0.15) is 44.1 Å². The number of rotatable bonds is 4. The molecule has 1 atom stereocenters. The van der Waals surface area contributed by atoms with Crippen molar-refractivity contribution < 1.29 is 4.74 Å². The van der Waals surface area contributed by atoms with Crippen LogP contribution in [0, 0.1) is 0 Å². The molecule has 0 aromatic carbocycles. The van der Waals surface area contributed by atoms with Crippen molar-refractivity contribution in [3.63, 3.8) is 0 Å². The molecule has 1 aliphatic rings. The molecule has 0 amide bonds. The number of aromatic nitrogens is 1. The standard InChI is InChI=1S/C14H18ClNO/c1-2-9-17-14-10-12(7-8-16-14)11-3-5-13(15)6-4-11/h5,7-8,10-11H,2-4,6,9H2,1H3. The normalized spacial score (nSPS) is 19.9. The van der Waals surface area contributed by atoms with Crippen LogP contribution >= 0.6 is 11.6 Å². The number of ether oxygens (including phenoxy) is 1. The molecule has 2 rings (SSSR count). The molecular formula is C14H18ClNO. The SMILES string of the molecule is CCCOc1cc(C2CC=C(Cl)CC2)ccn1. The molecule has 0 spiro atoms. The van der Waals surface area contributed by atoms with Gasteiger partial charge >= 0.3 is 0 Å². The molecule has 3 heteroatoms. The Hall–Kier alpha value is -1.02. The third kappa shape index (κ3) is 3.47. The van der Waals surface area contributed by atoms with Crippen molar-refractivity contribution in [2.45, 2.75) is 38.5 Å². The smallest absolute Gasteiger partial charge is 0.213 e. The van der Waals surface area contributed by atoms with Gasteiger partial charge in [-0.25, -0.2) is 4.98 Å². The summed E-state index contributed by atoms with van der Waals surface area (Å²) in [6.45, 7) is 2.82. The summed E-state index contributed by atoms with van der Waals surface area (Å²) in [4.78, 5) is 4.22. The van der Waals surface area contributed by atoms with Crippen molar-refractivity contribution in [1.29, 1.82) is 0 Å². The van der Waals surface area contributed by atoms with Crippen LogP contribution in [0.5, 0.6) is 5.88 Å². The highest BCUT2D eigenvalue weighted by atomic mass is 35.5. The summed E-state index contributed by atoms with van der Waals surface area (Å²) < 4.78 is 5.56. The fraction of sp³-hybridized carbons (Fsp3) is 0.500. The lowest BCUT2D eigenvalue weighted by Gasteiger charge is -2.20. The van der Waals surface area contributed by atoms with Crippen LogP contribution in [0.25, 0.3) is 0 Å². The summed E-state index contributed by atoms with van der Waals surface area (Å²) in [5.41, 5.74) is 1.31. The Morgan fingerprint density at radius 3 is 3.12 bits per heavy atom. The number of nitrogens with zero attached hydrogens (tertiary/aromatic N) is 1. The summed E-state index contributed by atoms with van der Waals surface area (Å²) in [5.74, 6) is 1.30. The van der Waals surface area contributed by atoms with E-state index in [1.165, 1.54) is 5.56 Å². The number of hydrogen-bond acceptors (Lipinski definition) is 2. The largest absolute Gasteiger partial charge is 0.478 e. The summed E-state index contributed by atoms with van der Waals surface area (Å²) in [7, 11) is 0. The zero-order valence-electron chi connectivity index (χ0n) is 10.2. The van der Waals surface area contributed by atoms with Crippen molar-refractivity contribution in [3.8, 4) is 5.88 Å². The molecule has 17 heavy (non-hydrogen) atoms. The second kappa shape index (κ2) is 6.06. The van der Waals surface area contributed by atoms with Crippen LogP contribution < -0.4 is 4.74 Å². The Morgan fingerprint density at radius 1 is 1.53 bits per heavy atom. The van der Waals surface area contributed by atoms with Gasteiger partial charge in [0.05, 0.1) is 6.61 Å². The van der Waals surface area contributed by atoms with Gasteiger partial charge in [0.2, 0.25) is 5.88 Å². The molecule has 0 fully saturated rings. The van der Waals surface area contributed by atoms with E-state index in [2.05, 4.69) is 30.1 Å². The maximum Gasteiger partial charge on any atom is 0.213 e. The Kier molecular flexibility index (Phi) is 4.43. The van der Waals surface area contributed by atoms with E-state index >= 15 is 0 Å². The van der Waals surface area contributed by atoms with E-state index in [4.69, 9.17) is 16.3 Å². The molecule has 92 valence electrons. The Balaban J connectivity index is 2.05. The molecule has 0 saturated carbocycles. The Bertz CT molecular complexity index is 403. The maximum atomic E-state index is 5.99. The predicted molar refractivity (Wildman–Crippen MR) is 70.6 cm³/mol. The monoisotopic (exact) mass is 251 g/mol. The quantitative estimate of drug-likeness (QED) is 0.798. The molecule has 0 aliphatic heterocycles. The van der Waals surface area contributed by atoms with Gasteiger partial charge in [0.25, 0.3) is 0 Å². The van der Waals surface area contributed by atoms with Crippen LogP contribution in [0.2, 0.25) is 0 Å². The van der Waals surface area contributed by atoms with Gasteiger partial charge in [0.15, 0.2) is 0 Å². The van der Waals surface area contributed by atoms with E-state index in [1.54, 1.807) is 0 Å². The summed E-state index contributed by atoms with van der Waals surface area (Å²) in [5, 5.41) is 0.998. The van der Waals surface area contributed by atoms with Gasteiger partial charge in [0, 0.05) is 17.3 Å². The summed E-state index contributed by atoms with van der Waals surface area (Å²) >= 11 is 5.99. The number of allylic oxidation sites excluding steroid dienone is 2. The second-order valence-electron chi connectivity index (χ2n) is 4.40. The van der Waals surface area contributed by atoms with Gasteiger partial charge in [0.1, 0.15) is 0 Å². The van der Waals surface area contributed by atoms with Crippen molar-refractivity contribution in [1.82, 2.24) is 4.98 Å². The molecule has 1 aliphatic carbocycles. The summed E-state index contributed by atoms with van der Waals surface area (Å²) in [6, 6.07) is 4.14. The lowest BCUT2D eigenvalue weighted by molar-refractivity contribution is 0.304. The lowest BCUT2D eigenvalue weighted by Crippen LogP contribution is -2.04. The van der Waals surface area contributed by atoms with Crippen LogP contribution in [-0.4, -0.2) is 11.6 Å². The fourth-order valence-corrected chi connectivity index (χ4v) is 2.27. The molecular weight excluding hydrogens is 234 g/mol. The molecule has 1 aromatic rings. The molecule has 0 radical (unpaired) electrons. The van der Waals surface area contributed by atoms with Crippen LogP contribution in [0.4, 0.5) is 0 Å². The minimum atomic E-state index is 0.560. The zero-order chi connectivity index (χ0) is 12.1. The molecule has 1 heterocycles. The number of pyridine rings is 1. The number of hydrogen-bond donors (Lipinski definition) is 0.